The molecule has 102 valence electrons. The molecule has 0 aromatic heterocycles. The predicted octanol–water partition coefficient (Wildman–Crippen LogP) is 2.98. The number of hydrogen-bond acceptors (Lipinski definition) is 3. The fourth-order valence-corrected chi connectivity index (χ4v) is 4.38. The number of nitrogens with zero attached hydrogens (tertiary/aromatic N) is 1. The van der Waals surface area contributed by atoms with Gasteiger partial charge in [-0.25, -0.2) is 0 Å². The second kappa shape index (κ2) is 6.60. The molecule has 2 amide bonds. The summed E-state index contributed by atoms with van der Waals surface area (Å²) >= 11 is 1.76. The van der Waals surface area contributed by atoms with E-state index in [-0.39, 0.29) is 17.1 Å². The van der Waals surface area contributed by atoms with Crippen LogP contribution in [0.15, 0.2) is 0 Å². The maximum Gasteiger partial charge on any atom is 0.242 e. The normalized spacial score (nSPS) is 28.1. The van der Waals surface area contributed by atoms with Gasteiger partial charge < -0.3 is 0 Å². The van der Waals surface area contributed by atoms with Crippen molar-refractivity contribution in [3.8, 4) is 0 Å². The zero-order valence-electron chi connectivity index (χ0n) is 11.2. The maximum absolute atomic E-state index is 11.9. The Bertz CT molecular complexity index is 309. The van der Waals surface area contributed by atoms with Gasteiger partial charge in [-0.05, 0) is 12.8 Å². The van der Waals surface area contributed by atoms with Crippen LogP contribution < -0.4 is 0 Å². The van der Waals surface area contributed by atoms with Crippen molar-refractivity contribution in [1.82, 2.24) is 4.90 Å². The Morgan fingerprint density at radius 2 is 1.56 bits per heavy atom. The maximum atomic E-state index is 11.9. The molecular weight excluding hydrogens is 246 g/mol. The Kier molecular flexibility index (Phi) is 5.10. The first-order valence-electron chi connectivity index (χ1n) is 7.14. The van der Waals surface area contributed by atoms with Gasteiger partial charge in [-0.1, -0.05) is 38.5 Å². The van der Waals surface area contributed by atoms with E-state index in [1.807, 2.05) is 0 Å². The molecule has 1 saturated carbocycles. The Morgan fingerprint density at radius 1 is 1.00 bits per heavy atom. The number of thioether (sulfide) groups is 1. The van der Waals surface area contributed by atoms with Gasteiger partial charge >= 0.3 is 0 Å². The second-order valence-corrected chi connectivity index (χ2v) is 6.95. The molecule has 2 rings (SSSR count). The molecule has 4 heteroatoms. The lowest BCUT2D eigenvalue weighted by atomic mass is 10.1. The molecule has 2 aliphatic rings. The van der Waals surface area contributed by atoms with Gasteiger partial charge in [-0.2, -0.15) is 0 Å². The van der Waals surface area contributed by atoms with Crippen molar-refractivity contribution in [3.05, 3.63) is 0 Å². The van der Waals surface area contributed by atoms with Gasteiger partial charge in [0.15, 0.2) is 0 Å². The zero-order chi connectivity index (χ0) is 13.0. The quantitative estimate of drug-likeness (QED) is 0.723. The lowest BCUT2D eigenvalue weighted by Crippen LogP contribution is -2.27. The molecule has 0 aromatic rings. The van der Waals surface area contributed by atoms with E-state index in [0.717, 1.165) is 0 Å². The summed E-state index contributed by atoms with van der Waals surface area (Å²) in [6.45, 7) is 0. The highest BCUT2D eigenvalue weighted by atomic mass is 32.2. The Morgan fingerprint density at radius 3 is 2.06 bits per heavy atom. The van der Waals surface area contributed by atoms with Gasteiger partial charge in [0.25, 0.3) is 0 Å². The monoisotopic (exact) mass is 269 g/mol. The molecule has 0 radical (unpaired) electrons. The van der Waals surface area contributed by atoms with Crippen LogP contribution >= 0.6 is 11.8 Å². The Labute approximate surface area is 114 Å². The molecule has 1 heterocycles. The highest BCUT2D eigenvalue weighted by Crippen LogP contribution is 2.33. The fraction of sp³-hybridized carbons (Fsp3) is 0.857. The van der Waals surface area contributed by atoms with Crippen LogP contribution in [0.5, 0.6) is 0 Å². The van der Waals surface area contributed by atoms with Crippen molar-refractivity contribution < 1.29 is 9.59 Å². The topological polar surface area (TPSA) is 37.4 Å². The van der Waals surface area contributed by atoms with Gasteiger partial charge in [0.1, 0.15) is 0 Å². The Balaban J connectivity index is 1.87. The molecule has 1 saturated heterocycles. The molecule has 1 unspecified atom stereocenters. The summed E-state index contributed by atoms with van der Waals surface area (Å²) in [6, 6.07) is 0. The molecule has 2 fully saturated rings. The van der Waals surface area contributed by atoms with E-state index in [0.29, 0.717) is 11.7 Å². The van der Waals surface area contributed by atoms with E-state index in [1.54, 1.807) is 18.8 Å². The summed E-state index contributed by atoms with van der Waals surface area (Å²) in [7, 11) is 1.61. The van der Waals surface area contributed by atoms with E-state index in [9.17, 15) is 9.59 Å². The summed E-state index contributed by atoms with van der Waals surface area (Å²) in [5.41, 5.74) is 0. The molecule has 0 bridgehead atoms. The molecule has 3 nitrogen and oxygen atoms in total. The van der Waals surface area contributed by atoms with E-state index in [1.165, 1.54) is 56.3 Å². The number of amides is 2. The van der Waals surface area contributed by atoms with Gasteiger partial charge in [0, 0.05) is 18.7 Å². The third-order valence-electron chi connectivity index (χ3n) is 4.00. The standard InChI is InChI=1S/C14H23NO2S/c1-15-13(16)10-12(14(15)17)18-11-8-6-4-2-3-5-7-9-11/h11-12H,2-10H2,1H3. The highest BCUT2D eigenvalue weighted by Gasteiger charge is 2.37. The summed E-state index contributed by atoms with van der Waals surface area (Å²) in [4.78, 5) is 24.7. The van der Waals surface area contributed by atoms with Crippen molar-refractivity contribution in [3.63, 3.8) is 0 Å². The average Bonchev–Trinajstić information content (AvgIpc) is 2.67. The van der Waals surface area contributed by atoms with Crippen LogP contribution in [0.25, 0.3) is 0 Å². The van der Waals surface area contributed by atoms with Gasteiger partial charge in [-0.15, -0.1) is 11.8 Å². The number of likely N-dealkylation sites (tertiary alicyclic amines) is 1. The van der Waals surface area contributed by atoms with Crippen molar-refractivity contribution in [2.75, 3.05) is 7.05 Å². The Hall–Kier alpha value is -0.510. The number of carbonyl (C=O) groups is 2. The van der Waals surface area contributed by atoms with E-state index in [4.69, 9.17) is 0 Å². The first-order valence-corrected chi connectivity index (χ1v) is 8.08. The number of rotatable bonds is 2. The molecule has 0 N–H and O–H groups in total. The molecule has 1 atom stereocenters. The van der Waals surface area contributed by atoms with Gasteiger partial charge in [0.2, 0.25) is 11.8 Å². The summed E-state index contributed by atoms with van der Waals surface area (Å²) in [6.07, 6.45) is 10.8. The van der Waals surface area contributed by atoms with Crippen LogP contribution in [-0.2, 0) is 9.59 Å². The van der Waals surface area contributed by atoms with Crippen molar-refractivity contribution in [2.24, 2.45) is 0 Å². The molecular formula is C14H23NO2S. The minimum Gasteiger partial charge on any atom is -0.285 e. The zero-order valence-corrected chi connectivity index (χ0v) is 12.0. The van der Waals surface area contributed by atoms with E-state index >= 15 is 0 Å². The highest BCUT2D eigenvalue weighted by molar-refractivity contribution is 8.01. The summed E-state index contributed by atoms with van der Waals surface area (Å²) in [5, 5.41) is 0.476. The lowest BCUT2D eigenvalue weighted by Gasteiger charge is -2.18. The summed E-state index contributed by atoms with van der Waals surface area (Å²) in [5.74, 6) is 0.00504. The van der Waals surface area contributed by atoms with Crippen molar-refractivity contribution in [2.45, 2.75) is 68.3 Å². The van der Waals surface area contributed by atoms with Gasteiger partial charge in [-0.3, -0.25) is 14.5 Å². The van der Waals surface area contributed by atoms with Crippen LogP contribution in [-0.4, -0.2) is 34.3 Å². The third kappa shape index (κ3) is 3.50. The first-order chi connectivity index (χ1) is 8.68. The SMILES string of the molecule is CN1C(=O)CC(SC2CCCCCCCC2)C1=O. The number of carbonyl (C=O) groups excluding carboxylic acids is 2. The second-order valence-electron chi connectivity index (χ2n) is 5.44. The van der Waals surface area contributed by atoms with Crippen LogP contribution in [0.4, 0.5) is 0 Å². The number of hydrogen-bond donors (Lipinski definition) is 0. The number of imide groups is 1. The van der Waals surface area contributed by atoms with Crippen molar-refractivity contribution >= 4 is 23.6 Å². The largest absolute Gasteiger partial charge is 0.285 e. The molecule has 0 aromatic carbocycles. The van der Waals surface area contributed by atoms with Crippen LogP contribution in [0, 0.1) is 0 Å². The molecule has 18 heavy (non-hydrogen) atoms. The minimum atomic E-state index is -0.103. The van der Waals surface area contributed by atoms with E-state index < -0.39 is 0 Å². The molecule has 0 spiro atoms. The van der Waals surface area contributed by atoms with Crippen LogP contribution in [0.3, 0.4) is 0 Å². The minimum absolute atomic E-state index is 0.0134. The third-order valence-corrected chi connectivity index (χ3v) is 5.55. The molecule has 1 aliphatic heterocycles. The van der Waals surface area contributed by atoms with Gasteiger partial charge in [0.05, 0.1) is 5.25 Å². The lowest BCUT2D eigenvalue weighted by molar-refractivity contribution is -0.136. The van der Waals surface area contributed by atoms with Crippen LogP contribution in [0.2, 0.25) is 0 Å². The fourth-order valence-electron chi connectivity index (χ4n) is 2.79. The predicted molar refractivity (Wildman–Crippen MR) is 74.5 cm³/mol. The van der Waals surface area contributed by atoms with E-state index in [2.05, 4.69) is 0 Å². The molecule has 1 aliphatic carbocycles. The van der Waals surface area contributed by atoms with Crippen molar-refractivity contribution in [1.29, 1.82) is 0 Å². The average molecular weight is 269 g/mol. The first kappa shape index (κ1) is 13.9. The summed E-state index contributed by atoms with van der Waals surface area (Å²) < 4.78 is 0. The van der Waals surface area contributed by atoms with Crippen LogP contribution in [0.1, 0.15) is 57.8 Å². The smallest absolute Gasteiger partial charge is 0.242 e.